The Kier molecular flexibility index (Phi) is 5.68. The van der Waals surface area contributed by atoms with Gasteiger partial charge in [-0.15, -0.1) is 0 Å². The van der Waals surface area contributed by atoms with Gasteiger partial charge in [-0.1, -0.05) is 25.5 Å². The van der Waals surface area contributed by atoms with Gasteiger partial charge in [-0.3, -0.25) is 4.90 Å². The van der Waals surface area contributed by atoms with E-state index in [9.17, 15) is 0 Å². The van der Waals surface area contributed by atoms with Crippen molar-refractivity contribution in [2.24, 2.45) is 0 Å². The van der Waals surface area contributed by atoms with Crippen LogP contribution < -0.4 is 5.32 Å². The standard InChI is InChI=1S/C15H30N2/c1-6-15(7-2,17-10-8-9-11-17)14(16-5)12-13(3)4/h12,14,16H,6-11H2,1-5H3. The minimum Gasteiger partial charge on any atom is -0.312 e. The molecule has 0 saturated carbocycles. The van der Waals surface area contributed by atoms with Crippen molar-refractivity contribution < 1.29 is 0 Å². The summed E-state index contributed by atoms with van der Waals surface area (Å²) in [7, 11) is 2.10. The third-order valence-electron chi connectivity index (χ3n) is 4.35. The fourth-order valence-electron chi connectivity index (χ4n) is 3.34. The topological polar surface area (TPSA) is 15.3 Å². The van der Waals surface area contributed by atoms with Crippen molar-refractivity contribution in [1.29, 1.82) is 0 Å². The molecule has 1 rings (SSSR count). The summed E-state index contributed by atoms with van der Waals surface area (Å²) in [6.07, 6.45) is 7.59. The molecule has 1 aliphatic heterocycles. The molecule has 1 unspecified atom stereocenters. The molecule has 17 heavy (non-hydrogen) atoms. The van der Waals surface area contributed by atoms with Crippen molar-refractivity contribution in [1.82, 2.24) is 10.2 Å². The SMILES string of the molecule is CCC(CC)(C(C=C(C)C)NC)N1CCCC1. The highest BCUT2D eigenvalue weighted by atomic mass is 15.2. The van der Waals surface area contributed by atoms with E-state index in [1.165, 1.54) is 44.3 Å². The Bertz CT molecular complexity index is 244. The second-order valence-corrected chi connectivity index (χ2v) is 5.52. The van der Waals surface area contributed by atoms with Crippen LogP contribution >= 0.6 is 0 Å². The molecule has 0 aromatic carbocycles. The first kappa shape index (κ1) is 14.7. The third kappa shape index (κ3) is 3.11. The van der Waals surface area contributed by atoms with Gasteiger partial charge in [0.1, 0.15) is 0 Å². The van der Waals surface area contributed by atoms with Crippen LogP contribution in [0.5, 0.6) is 0 Å². The predicted octanol–water partition coefficient (Wildman–Crippen LogP) is 3.20. The fraction of sp³-hybridized carbons (Fsp3) is 0.867. The maximum atomic E-state index is 3.54. The van der Waals surface area contributed by atoms with Gasteiger partial charge in [-0.2, -0.15) is 0 Å². The molecule has 0 bridgehead atoms. The van der Waals surface area contributed by atoms with E-state index in [2.05, 4.69) is 51.0 Å². The first-order chi connectivity index (χ1) is 8.10. The predicted molar refractivity (Wildman–Crippen MR) is 76.4 cm³/mol. The quantitative estimate of drug-likeness (QED) is 0.715. The molecule has 1 N–H and O–H groups in total. The average Bonchev–Trinajstić information content (AvgIpc) is 2.83. The van der Waals surface area contributed by atoms with Crippen molar-refractivity contribution in [2.75, 3.05) is 20.1 Å². The summed E-state index contributed by atoms with van der Waals surface area (Å²) in [4.78, 5) is 2.72. The largest absolute Gasteiger partial charge is 0.312 e. The molecule has 2 nitrogen and oxygen atoms in total. The molecule has 1 fully saturated rings. The monoisotopic (exact) mass is 238 g/mol. The van der Waals surface area contributed by atoms with Gasteiger partial charge in [0.05, 0.1) is 0 Å². The molecular formula is C15H30N2. The van der Waals surface area contributed by atoms with Crippen LogP contribution in [0.15, 0.2) is 11.6 Å². The lowest BCUT2D eigenvalue weighted by Crippen LogP contribution is -2.58. The third-order valence-corrected chi connectivity index (χ3v) is 4.35. The molecule has 2 heteroatoms. The highest BCUT2D eigenvalue weighted by molar-refractivity contribution is 5.12. The van der Waals surface area contributed by atoms with E-state index < -0.39 is 0 Å². The van der Waals surface area contributed by atoms with Gasteiger partial charge >= 0.3 is 0 Å². The Morgan fingerprint density at radius 3 is 2.12 bits per heavy atom. The van der Waals surface area contributed by atoms with E-state index in [1.54, 1.807) is 0 Å². The van der Waals surface area contributed by atoms with Crippen LogP contribution in [0.4, 0.5) is 0 Å². The van der Waals surface area contributed by atoms with Crippen molar-refractivity contribution in [3.8, 4) is 0 Å². The first-order valence-corrected chi connectivity index (χ1v) is 7.18. The lowest BCUT2D eigenvalue weighted by molar-refractivity contribution is 0.0813. The molecule has 1 aliphatic rings. The molecule has 0 radical (unpaired) electrons. The molecule has 0 amide bonds. The van der Waals surface area contributed by atoms with Crippen LogP contribution in [0.2, 0.25) is 0 Å². The zero-order valence-electron chi connectivity index (χ0n) is 12.3. The van der Waals surface area contributed by atoms with E-state index in [0.29, 0.717) is 11.6 Å². The minimum atomic E-state index is 0.308. The number of nitrogens with one attached hydrogen (secondary N) is 1. The van der Waals surface area contributed by atoms with Crippen molar-refractivity contribution in [2.45, 2.75) is 65.0 Å². The first-order valence-electron chi connectivity index (χ1n) is 7.18. The number of likely N-dealkylation sites (N-methyl/N-ethyl adjacent to an activating group) is 1. The summed E-state index contributed by atoms with van der Waals surface area (Å²) in [5, 5.41) is 3.54. The van der Waals surface area contributed by atoms with Gasteiger partial charge in [-0.25, -0.2) is 0 Å². The van der Waals surface area contributed by atoms with Crippen LogP contribution in [0.25, 0.3) is 0 Å². The van der Waals surface area contributed by atoms with Gasteiger partial charge in [0, 0.05) is 11.6 Å². The zero-order chi connectivity index (χ0) is 12.9. The molecule has 1 saturated heterocycles. The van der Waals surface area contributed by atoms with Gasteiger partial charge in [0.25, 0.3) is 0 Å². The summed E-state index contributed by atoms with van der Waals surface area (Å²) in [5.41, 5.74) is 1.72. The molecule has 100 valence electrons. The Morgan fingerprint density at radius 2 is 1.76 bits per heavy atom. The van der Waals surface area contributed by atoms with E-state index >= 15 is 0 Å². The van der Waals surface area contributed by atoms with Crippen LogP contribution in [0, 0.1) is 0 Å². The number of hydrogen-bond acceptors (Lipinski definition) is 2. The Labute approximate surface area is 107 Å². The normalized spacial score (nSPS) is 19.4. The minimum absolute atomic E-state index is 0.308. The molecule has 1 heterocycles. The molecule has 0 spiro atoms. The lowest BCUT2D eigenvalue weighted by atomic mass is 9.82. The maximum absolute atomic E-state index is 3.54. The van der Waals surface area contributed by atoms with Crippen molar-refractivity contribution >= 4 is 0 Å². The molecular weight excluding hydrogens is 208 g/mol. The van der Waals surface area contributed by atoms with Crippen LogP contribution in [-0.4, -0.2) is 36.6 Å². The van der Waals surface area contributed by atoms with Gasteiger partial charge in [0.15, 0.2) is 0 Å². The van der Waals surface area contributed by atoms with E-state index in [-0.39, 0.29) is 0 Å². The van der Waals surface area contributed by atoms with Gasteiger partial charge in [0.2, 0.25) is 0 Å². The fourth-order valence-corrected chi connectivity index (χ4v) is 3.34. The Hall–Kier alpha value is -0.340. The van der Waals surface area contributed by atoms with Crippen molar-refractivity contribution in [3.63, 3.8) is 0 Å². The second-order valence-electron chi connectivity index (χ2n) is 5.52. The lowest BCUT2D eigenvalue weighted by Gasteiger charge is -2.46. The molecule has 0 aromatic heterocycles. The molecule has 0 aromatic rings. The zero-order valence-corrected chi connectivity index (χ0v) is 12.3. The van der Waals surface area contributed by atoms with Crippen LogP contribution in [-0.2, 0) is 0 Å². The molecule has 1 atom stereocenters. The van der Waals surface area contributed by atoms with E-state index in [0.717, 1.165) is 0 Å². The smallest absolute Gasteiger partial charge is 0.0436 e. The van der Waals surface area contributed by atoms with Gasteiger partial charge in [-0.05, 0) is 59.7 Å². The number of likely N-dealkylation sites (tertiary alicyclic amines) is 1. The summed E-state index contributed by atoms with van der Waals surface area (Å²) in [5.74, 6) is 0. The summed E-state index contributed by atoms with van der Waals surface area (Å²) in [6, 6.07) is 0.473. The second kappa shape index (κ2) is 6.55. The summed E-state index contributed by atoms with van der Waals surface area (Å²) in [6.45, 7) is 11.6. The highest BCUT2D eigenvalue weighted by Crippen LogP contribution is 2.32. The number of nitrogens with zero attached hydrogens (tertiary/aromatic N) is 1. The highest BCUT2D eigenvalue weighted by Gasteiger charge is 2.40. The van der Waals surface area contributed by atoms with Crippen molar-refractivity contribution in [3.05, 3.63) is 11.6 Å². The van der Waals surface area contributed by atoms with E-state index in [1.807, 2.05) is 0 Å². The summed E-state index contributed by atoms with van der Waals surface area (Å²) >= 11 is 0. The van der Waals surface area contributed by atoms with Crippen LogP contribution in [0.1, 0.15) is 53.4 Å². The number of allylic oxidation sites excluding steroid dienone is 1. The van der Waals surface area contributed by atoms with E-state index in [4.69, 9.17) is 0 Å². The average molecular weight is 238 g/mol. The molecule has 0 aliphatic carbocycles. The number of rotatable bonds is 6. The Balaban J connectivity index is 2.98. The number of hydrogen-bond donors (Lipinski definition) is 1. The summed E-state index contributed by atoms with van der Waals surface area (Å²) < 4.78 is 0. The Morgan fingerprint density at radius 1 is 1.24 bits per heavy atom. The van der Waals surface area contributed by atoms with Gasteiger partial charge < -0.3 is 5.32 Å². The van der Waals surface area contributed by atoms with Crippen LogP contribution in [0.3, 0.4) is 0 Å². The maximum Gasteiger partial charge on any atom is 0.0436 e.